The third kappa shape index (κ3) is 1.14. The molecule has 1 heteroatoms. The molecule has 0 aromatic heterocycles. The van der Waals surface area contributed by atoms with Crippen molar-refractivity contribution in [1.29, 1.82) is 0 Å². The molecule has 1 nitrogen and oxygen atoms in total. The van der Waals surface area contributed by atoms with Crippen molar-refractivity contribution in [3.05, 3.63) is 23.8 Å². The molecule has 60 valence electrons. The minimum absolute atomic E-state index is 0.255. The number of hydrogen-bond donors (Lipinski definition) is 1. The van der Waals surface area contributed by atoms with Crippen LogP contribution in [0.4, 0.5) is 0 Å². The highest BCUT2D eigenvalue weighted by Gasteiger charge is 2.28. The molecule has 0 radical (unpaired) electrons. The fourth-order valence-electron chi connectivity index (χ4n) is 2.29. The van der Waals surface area contributed by atoms with Gasteiger partial charge in [-0.05, 0) is 30.3 Å². The summed E-state index contributed by atoms with van der Waals surface area (Å²) in [7, 11) is 0. The number of fused-ring (bicyclic) bond motifs is 1. The van der Waals surface area contributed by atoms with E-state index in [-0.39, 0.29) is 6.61 Å². The second-order valence-electron chi connectivity index (χ2n) is 3.49. The Morgan fingerprint density at radius 1 is 1.45 bits per heavy atom. The smallest absolute Gasteiger partial charge is 0.0647 e. The van der Waals surface area contributed by atoms with Crippen LogP contribution in [0.2, 0.25) is 0 Å². The second kappa shape index (κ2) is 2.82. The zero-order valence-corrected chi connectivity index (χ0v) is 6.66. The number of rotatable bonds is 1. The van der Waals surface area contributed by atoms with Gasteiger partial charge in [0, 0.05) is 0 Å². The normalized spacial score (nSPS) is 35.2. The lowest BCUT2D eigenvalue weighted by Gasteiger charge is -2.21. The summed E-state index contributed by atoms with van der Waals surface area (Å²) >= 11 is 0. The van der Waals surface area contributed by atoms with E-state index >= 15 is 0 Å². The van der Waals surface area contributed by atoms with Gasteiger partial charge in [0.05, 0.1) is 6.61 Å². The molecule has 2 rings (SSSR count). The quantitative estimate of drug-likeness (QED) is 0.605. The predicted octanol–water partition coefficient (Wildman–Crippen LogP) is 1.89. The van der Waals surface area contributed by atoms with Gasteiger partial charge in [-0.3, -0.25) is 0 Å². The van der Waals surface area contributed by atoms with Gasteiger partial charge >= 0.3 is 0 Å². The van der Waals surface area contributed by atoms with Gasteiger partial charge in [0.15, 0.2) is 0 Å². The summed E-state index contributed by atoms with van der Waals surface area (Å²) < 4.78 is 0. The first kappa shape index (κ1) is 7.11. The van der Waals surface area contributed by atoms with Gasteiger partial charge in [-0.15, -0.1) is 0 Å². The van der Waals surface area contributed by atoms with Crippen LogP contribution < -0.4 is 0 Å². The van der Waals surface area contributed by atoms with Crippen molar-refractivity contribution in [2.24, 2.45) is 11.8 Å². The Kier molecular flexibility index (Phi) is 1.82. The fraction of sp³-hybridized carbons (Fsp3) is 0.600. The Balaban J connectivity index is 2.19. The van der Waals surface area contributed by atoms with Crippen LogP contribution in [0.3, 0.4) is 0 Å². The Morgan fingerprint density at radius 2 is 2.36 bits per heavy atom. The van der Waals surface area contributed by atoms with Gasteiger partial charge in [0.25, 0.3) is 0 Å². The minimum atomic E-state index is 0.255. The lowest BCUT2D eigenvalue weighted by atomic mass is 9.85. The Morgan fingerprint density at radius 3 is 3.18 bits per heavy atom. The van der Waals surface area contributed by atoms with E-state index in [1.807, 2.05) is 0 Å². The molecule has 0 aromatic rings. The van der Waals surface area contributed by atoms with E-state index in [4.69, 9.17) is 5.11 Å². The van der Waals surface area contributed by atoms with Crippen molar-refractivity contribution >= 4 is 0 Å². The first-order chi connectivity index (χ1) is 5.42. The predicted molar refractivity (Wildman–Crippen MR) is 45.1 cm³/mol. The molecule has 2 aliphatic carbocycles. The van der Waals surface area contributed by atoms with E-state index in [0.29, 0.717) is 5.92 Å². The van der Waals surface area contributed by atoms with Crippen molar-refractivity contribution in [3.63, 3.8) is 0 Å². The van der Waals surface area contributed by atoms with Crippen LogP contribution in [0, 0.1) is 11.8 Å². The summed E-state index contributed by atoms with van der Waals surface area (Å²) in [5.74, 6) is 1.41. The molecule has 11 heavy (non-hydrogen) atoms. The maximum absolute atomic E-state index is 9.04. The molecule has 0 aliphatic heterocycles. The average molecular weight is 150 g/mol. The van der Waals surface area contributed by atoms with Crippen molar-refractivity contribution < 1.29 is 5.11 Å². The maximum atomic E-state index is 9.04. The SMILES string of the molecule is OCC1=CC=C[C@H]2CCC[C@H]12. The largest absolute Gasteiger partial charge is 0.392 e. The lowest BCUT2D eigenvalue weighted by Crippen LogP contribution is -2.13. The molecule has 1 saturated carbocycles. The second-order valence-corrected chi connectivity index (χ2v) is 3.49. The molecule has 0 unspecified atom stereocenters. The first-order valence-electron chi connectivity index (χ1n) is 4.40. The topological polar surface area (TPSA) is 20.2 Å². The van der Waals surface area contributed by atoms with Gasteiger partial charge in [0.2, 0.25) is 0 Å². The van der Waals surface area contributed by atoms with Crippen LogP contribution in [0.15, 0.2) is 23.8 Å². The Bertz CT molecular complexity index is 203. The molecule has 2 atom stereocenters. The number of allylic oxidation sites excluding steroid dienone is 3. The first-order valence-corrected chi connectivity index (χ1v) is 4.40. The number of aliphatic hydroxyl groups excluding tert-OH is 1. The number of hydrogen-bond acceptors (Lipinski definition) is 1. The number of aliphatic hydroxyl groups is 1. The van der Waals surface area contributed by atoms with Gasteiger partial charge in [-0.25, -0.2) is 0 Å². The molecule has 1 N–H and O–H groups in total. The monoisotopic (exact) mass is 150 g/mol. The molecular formula is C10H14O. The summed E-state index contributed by atoms with van der Waals surface area (Å²) in [6.45, 7) is 0.255. The lowest BCUT2D eigenvalue weighted by molar-refractivity contribution is 0.305. The van der Waals surface area contributed by atoms with Gasteiger partial charge in [-0.1, -0.05) is 24.6 Å². The van der Waals surface area contributed by atoms with Gasteiger partial charge < -0.3 is 5.11 Å². The molecule has 0 spiro atoms. The van der Waals surface area contributed by atoms with E-state index in [9.17, 15) is 0 Å². The van der Waals surface area contributed by atoms with E-state index in [1.165, 1.54) is 24.8 Å². The van der Waals surface area contributed by atoms with Crippen molar-refractivity contribution in [1.82, 2.24) is 0 Å². The highest BCUT2D eigenvalue weighted by atomic mass is 16.3. The third-order valence-electron chi connectivity index (χ3n) is 2.90. The summed E-state index contributed by atoms with van der Waals surface area (Å²) in [6.07, 6.45) is 10.4. The molecule has 0 amide bonds. The van der Waals surface area contributed by atoms with Crippen LogP contribution >= 0.6 is 0 Å². The molecule has 0 aromatic carbocycles. The average Bonchev–Trinajstić information content (AvgIpc) is 2.50. The minimum Gasteiger partial charge on any atom is -0.392 e. The van der Waals surface area contributed by atoms with Crippen LogP contribution in [-0.4, -0.2) is 11.7 Å². The summed E-state index contributed by atoms with van der Waals surface area (Å²) in [4.78, 5) is 0. The molecule has 1 fully saturated rings. The van der Waals surface area contributed by atoms with E-state index in [1.54, 1.807) is 0 Å². The highest BCUT2D eigenvalue weighted by Crippen LogP contribution is 2.39. The maximum Gasteiger partial charge on any atom is 0.0647 e. The molecular weight excluding hydrogens is 136 g/mol. The van der Waals surface area contributed by atoms with E-state index < -0.39 is 0 Å². The van der Waals surface area contributed by atoms with Gasteiger partial charge in [0.1, 0.15) is 0 Å². The summed E-state index contributed by atoms with van der Waals surface area (Å²) in [5, 5.41) is 9.04. The summed E-state index contributed by atoms with van der Waals surface area (Å²) in [6, 6.07) is 0. The van der Waals surface area contributed by atoms with Crippen LogP contribution in [0.5, 0.6) is 0 Å². The zero-order chi connectivity index (χ0) is 7.68. The molecule has 0 bridgehead atoms. The fourth-order valence-corrected chi connectivity index (χ4v) is 2.29. The Hall–Kier alpha value is -0.560. The van der Waals surface area contributed by atoms with Crippen LogP contribution in [0.25, 0.3) is 0 Å². The standard InChI is InChI=1S/C10H14O/c11-7-9-5-1-3-8-4-2-6-10(8)9/h1,3,5,8,10-11H,2,4,6-7H2/t8-,10-/m0/s1. The highest BCUT2D eigenvalue weighted by molar-refractivity contribution is 5.24. The molecule has 0 saturated heterocycles. The molecule has 0 heterocycles. The van der Waals surface area contributed by atoms with Crippen molar-refractivity contribution in [2.75, 3.05) is 6.61 Å². The van der Waals surface area contributed by atoms with Crippen LogP contribution in [-0.2, 0) is 0 Å². The molecule has 2 aliphatic rings. The van der Waals surface area contributed by atoms with Crippen molar-refractivity contribution in [2.45, 2.75) is 19.3 Å². The van der Waals surface area contributed by atoms with Crippen LogP contribution in [0.1, 0.15) is 19.3 Å². The zero-order valence-electron chi connectivity index (χ0n) is 6.66. The van der Waals surface area contributed by atoms with Crippen molar-refractivity contribution in [3.8, 4) is 0 Å². The Labute approximate surface area is 67.4 Å². The van der Waals surface area contributed by atoms with E-state index in [2.05, 4.69) is 18.2 Å². The summed E-state index contributed by atoms with van der Waals surface area (Å²) in [5.41, 5.74) is 1.25. The third-order valence-corrected chi connectivity index (χ3v) is 2.90. The van der Waals surface area contributed by atoms with E-state index in [0.717, 1.165) is 5.92 Å². The van der Waals surface area contributed by atoms with Gasteiger partial charge in [-0.2, -0.15) is 0 Å².